The molecule has 1 saturated heterocycles. The van der Waals surface area contributed by atoms with Crippen LogP contribution in [0.25, 0.3) is 5.65 Å². The summed E-state index contributed by atoms with van der Waals surface area (Å²) in [4.78, 5) is 16.6. The second-order valence-electron chi connectivity index (χ2n) is 4.88. The normalized spacial score (nSPS) is 18.9. The van der Waals surface area contributed by atoms with Gasteiger partial charge in [0.1, 0.15) is 5.65 Å². The molecule has 0 bridgehead atoms. The molecule has 19 heavy (non-hydrogen) atoms. The Morgan fingerprint density at radius 2 is 2.53 bits per heavy atom. The molecule has 100 valence electrons. The number of amides is 1. The lowest BCUT2D eigenvalue weighted by atomic mass is 10.2. The van der Waals surface area contributed by atoms with Crippen LogP contribution in [0.5, 0.6) is 0 Å². The lowest BCUT2D eigenvalue weighted by molar-refractivity contribution is 0.0858. The third-order valence-electron chi connectivity index (χ3n) is 3.36. The second kappa shape index (κ2) is 5.01. The quantitative estimate of drug-likeness (QED) is 0.910. The third-order valence-corrected chi connectivity index (χ3v) is 3.36. The van der Waals surface area contributed by atoms with E-state index in [-0.39, 0.29) is 12.0 Å². The molecule has 0 aliphatic carbocycles. The highest BCUT2D eigenvalue weighted by Crippen LogP contribution is 2.13. The molecule has 3 rings (SSSR count). The number of aryl methyl sites for hydroxylation is 1. The molecular formula is C14H17N3O2. The molecule has 1 N–H and O–H groups in total. The summed E-state index contributed by atoms with van der Waals surface area (Å²) >= 11 is 0. The van der Waals surface area contributed by atoms with Crippen molar-refractivity contribution in [1.29, 1.82) is 0 Å². The van der Waals surface area contributed by atoms with Crippen LogP contribution in [0.4, 0.5) is 0 Å². The molecule has 3 heterocycles. The number of ether oxygens (including phenoxy) is 1. The zero-order valence-electron chi connectivity index (χ0n) is 10.9. The van der Waals surface area contributed by atoms with Crippen molar-refractivity contribution in [2.75, 3.05) is 13.2 Å². The monoisotopic (exact) mass is 259 g/mol. The number of fused-ring (bicyclic) bond motifs is 1. The van der Waals surface area contributed by atoms with Gasteiger partial charge >= 0.3 is 0 Å². The van der Waals surface area contributed by atoms with Gasteiger partial charge in [0.15, 0.2) is 0 Å². The molecule has 0 aromatic carbocycles. The molecule has 0 spiro atoms. The SMILES string of the molecule is Cc1cn2cccc(C(=O)NCC3CCCO3)c2n1. The Hall–Kier alpha value is -1.88. The molecular weight excluding hydrogens is 242 g/mol. The Labute approximate surface area is 111 Å². The molecule has 1 aliphatic rings. The van der Waals surface area contributed by atoms with Gasteiger partial charge in [-0.15, -0.1) is 0 Å². The number of rotatable bonds is 3. The molecule has 1 fully saturated rings. The second-order valence-corrected chi connectivity index (χ2v) is 4.88. The van der Waals surface area contributed by atoms with E-state index in [0.29, 0.717) is 17.8 Å². The zero-order valence-corrected chi connectivity index (χ0v) is 10.9. The van der Waals surface area contributed by atoms with Crippen LogP contribution in [-0.4, -0.2) is 34.5 Å². The van der Waals surface area contributed by atoms with Crippen LogP contribution in [0.3, 0.4) is 0 Å². The van der Waals surface area contributed by atoms with Crippen LogP contribution in [0.1, 0.15) is 28.9 Å². The summed E-state index contributed by atoms with van der Waals surface area (Å²) in [5.74, 6) is -0.0910. The standard InChI is InChI=1S/C14H17N3O2/c1-10-9-17-6-2-5-12(13(17)16-10)14(18)15-8-11-4-3-7-19-11/h2,5-6,9,11H,3-4,7-8H2,1H3,(H,15,18). The highest BCUT2D eigenvalue weighted by atomic mass is 16.5. The van der Waals surface area contributed by atoms with Gasteiger partial charge in [-0.25, -0.2) is 4.98 Å². The van der Waals surface area contributed by atoms with Crippen molar-refractivity contribution in [2.24, 2.45) is 0 Å². The molecule has 1 atom stereocenters. The summed E-state index contributed by atoms with van der Waals surface area (Å²) in [5.41, 5.74) is 2.21. The number of hydrogen-bond acceptors (Lipinski definition) is 3. The summed E-state index contributed by atoms with van der Waals surface area (Å²) in [6.07, 6.45) is 6.06. The average molecular weight is 259 g/mol. The van der Waals surface area contributed by atoms with E-state index in [9.17, 15) is 4.79 Å². The fourth-order valence-corrected chi connectivity index (χ4v) is 2.42. The number of nitrogens with one attached hydrogen (secondary N) is 1. The first kappa shape index (κ1) is 12.2. The van der Waals surface area contributed by atoms with Crippen molar-refractivity contribution in [2.45, 2.75) is 25.9 Å². The molecule has 0 radical (unpaired) electrons. The lowest BCUT2D eigenvalue weighted by Crippen LogP contribution is -2.32. The number of hydrogen-bond donors (Lipinski definition) is 1. The van der Waals surface area contributed by atoms with Gasteiger partial charge in [0.25, 0.3) is 5.91 Å². The van der Waals surface area contributed by atoms with Crippen molar-refractivity contribution in [3.8, 4) is 0 Å². The number of nitrogens with zero attached hydrogens (tertiary/aromatic N) is 2. The van der Waals surface area contributed by atoms with Crippen LogP contribution in [-0.2, 0) is 4.74 Å². The van der Waals surface area contributed by atoms with E-state index in [1.165, 1.54) is 0 Å². The van der Waals surface area contributed by atoms with Gasteiger partial charge in [0.2, 0.25) is 0 Å². The van der Waals surface area contributed by atoms with E-state index in [1.807, 2.05) is 29.8 Å². The fourth-order valence-electron chi connectivity index (χ4n) is 2.42. The number of carbonyl (C=O) groups excluding carboxylic acids is 1. The Morgan fingerprint density at radius 1 is 1.63 bits per heavy atom. The van der Waals surface area contributed by atoms with Gasteiger partial charge in [-0.05, 0) is 31.9 Å². The Morgan fingerprint density at radius 3 is 3.32 bits per heavy atom. The lowest BCUT2D eigenvalue weighted by Gasteiger charge is -2.11. The van der Waals surface area contributed by atoms with Gasteiger partial charge in [-0.1, -0.05) is 0 Å². The van der Waals surface area contributed by atoms with Gasteiger partial charge in [-0.3, -0.25) is 4.79 Å². The predicted octanol–water partition coefficient (Wildman–Crippen LogP) is 1.55. The van der Waals surface area contributed by atoms with Gasteiger partial charge in [-0.2, -0.15) is 0 Å². The summed E-state index contributed by atoms with van der Waals surface area (Å²) in [5, 5.41) is 2.93. The van der Waals surface area contributed by atoms with E-state index in [2.05, 4.69) is 10.3 Å². The molecule has 2 aromatic heterocycles. The fraction of sp³-hybridized carbons (Fsp3) is 0.429. The van der Waals surface area contributed by atoms with Crippen molar-refractivity contribution in [1.82, 2.24) is 14.7 Å². The van der Waals surface area contributed by atoms with E-state index >= 15 is 0 Å². The van der Waals surface area contributed by atoms with Crippen LogP contribution in [0.2, 0.25) is 0 Å². The van der Waals surface area contributed by atoms with E-state index in [0.717, 1.165) is 25.1 Å². The molecule has 1 amide bonds. The first-order valence-electron chi connectivity index (χ1n) is 6.58. The van der Waals surface area contributed by atoms with Gasteiger partial charge in [0, 0.05) is 25.5 Å². The highest BCUT2D eigenvalue weighted by Gasteiger charge is 2.18. The average Bonchev–Trinajstić information content (AvgIpc) is 3.02. The Bertz CT molecular complexity index is 600. The minimum atomic E-state index is -0.0910. The number of carbonyl (C=O) groups is 1. The molecule has 1 unspecified atom stereocenters. The third kappa shape index (κ3) is 2.46. The molecule has 0 saturated carbocycles. The van der Waals surface area contributed by atoms with Crippen molar-refractivity contribution < 1.29 is 9.53 Å². The first-order chi connectivity index (χ1) is 9.24. The van der Waals surface area contributed by atoms with E-state index in [1.54, 1.807) is 6.07 Å². The van der Waals surface area contributed by atoms with Gasteiger partial charge in [0.05, 0.1) is 17.4 Å². The summed E-state index contributed by atoms with van der Waals surface area (Å²) < 4.78 is 7.37. The van der Waals surface area contributed by atoms with E-state index < -0.39 is 0 Å². The Balaban J connectivity index is 1.77. The largest absolute Gasteiger partial charge is 0.376 e. The molecule has 5 nitrogen and oxygen atoms in total. The van der Waals surface area contributed by atoms with E-state index in [4.69, 9.17) is 4.74 Å². The highest BCUT2D eigenvalue weighted by molar-refractivity contribution is 5.99. The maximum atomic E-state index is 12.2. The predicted molar refractivity (Wildman–Crippen MR) is 71.2 cm³/mol. The number of pyridine rings is 1. The smallest absolute Gasteiger partial charge is 0.255 e. The molecule has 1 aliphatic heterocycles. The maximum absolute atomic E-state index is 12.2. The van der Waals surface area contributed by atoms with Crippen molar-refractivity contribution in [3.63, 3.8) is 0 Å². The molecule has 2 aromatic rings. The summed E-state index contributed by atoms with van der Waals surface area (Å²) in [6, 6.07) is 3.65. The van der Waals surface area contributed by atoms with Crippen LogP contribution >= 0.6 is 0 Å². The van der Waals surface area contributed by atoms with Gasteiger partial charge < -0.3 is 14.5 Å². The summed E-state index contributed by atoms with van der Waals surface area (Å²) in [7, 11) is 0. The number of imidazole rings is 1. The summed E-state index contributed by atoms with van der Waals surface area (Å²) in [6.45, 7) is 3.29. The van der Waals surface area contributed by atoms with Crippen LogP contribution in [0, 0.1) is 6.92 Å². The minimum Gasteiger partial charge on any atom is -0.376 e. The van der Waals surface area contributed by atoms with Crippen molar-refractivity contribution in [3.05, 3.63) is 35.8 Å². The van der Waals surface area contributed by atoms with Crippen molar-refractivity contribution >= 4 is 11.6 Å². The topological polar surface area (TPSA) is 55.6 Å². The Kier molecular flexibility index (Phi) is 3.21. The zero-order chi connectivity index (χ0) is 13.2. The maximum Gasteiger partial charge on any atom is 0.255 e. The first-order valence-corrected chi connectivity index (χ1v) is 6.58. The molecule has 5 heteroatoms. The number of aromatic nitrogens is 2. The van der Waals surface area contributed by atoms with Crippen LogP contribution in [0.15, 0.2) is 24.5 Å². The van der Waals surface area contributed by atoms with Crippen LogP contribution < -0.4 is 5.32 Å². The minimum absolute atomic E-state index is 0.0910.